The molecule has 2 N–H and O–H groups in total. The number of phenols is 1. The number of pyridine rings is 1. The number of aromatic nitrogens is 2. The van der Waals surface area contributed by atoms with Crippen LogP contribution in [0.25, 0.3) is 5.69 Å². The Bertz CT molecular complexity index is 1210. The number of methoxy groups -OCH3 is 1. The minimum Gasteiger partial charge on any atom is -0.506 e. The predicted molar refractivity (Wildman–Crippen MR) is 135 cm³/mol. The highest BCUT2D eigenvalue weighted by Gasteiger charge is 2.41. The number of aryl methyl sites for hydroxylation is 1. The molecule has 0 unspecified atom stereocenters. The molecule has 178 valence electrons. The number of nitrogens with one attached hydrogen (secondary N) is 1. The Morgan fingerprint density at radius 2 is 2.06 bits per heavy atom. The van der Waals surface area contributed by atoms with Crippen LogP contribution in [0.2, 0.25) is 5.02 Å². The van der Waals surface area contributed by atoms with Crippen LogP contribution in [-0.2, 0) is 9.53 Å². The van der Waals surface area contributed by atoms with Crippen molar-refractivity contribution in [1.82, 2.24) is 19.8 Å². The van der Waals surface area contributed by atoms with Gasteiger partial charge in [0.25, 0.3) is 0 Å². The summed E-state index contributed by atoms with van der Waals surface area (Å²) in [5.74, 6) is -0.0977. The Kier molecular flexibility index (Phi) is 7.09. The normalized spacial score (nSPS) is 17.6. The van der Waals surface area contributed by atoms with Gasteiger partial charge in [-0.3, -0.25) is 9.78 Å². The second kappa shape index (κ2) is 10.0. The second-order valence-corrected chi connectivity index (χ2v) is 9.12. The predicted octanol–water partition coefficient (Wildman–Crippen LogP) is 4.77. The summed E-state index contributed by atoms with van der Waals surface area (Å²) in [6.45, 7) is 4.60. The van der Waals surface area contributed by atoms with Gasteiger partial charge in [0.1, 0.15) is 5.75 Å². The Morgan fingerprint density at radius 1 is 1.26 bits per heavy atom. The fourth-order valence-electron chi connectivity index (χ4n) is 4.61. The van der Waals surface area contributed by atoms with E-state index in [0.717, 1.165) is 22.6 Å². The van der Waals surface area contributed by atoms with Crippen molar-refractivity contribution >= 4 is 34.9 Å². The molecule has 1 aromatic carbocycles. The van der Waals surface area contributed by atoms with E-state index in [1.54, 1.807) is 24.4 Å². The van der Waals surface area contributed by atoms with Crippen molar-refractivity contribution in [3.63, 3.8) is 0 Å². The number of ether oxygens (including phenoxy) is 1. The number of benzene rings is 1. The van der Waals surface area contributed by atoms with Gasteiger partial charge in [0, 0.05) is 35.6 Å². The highest BCUT2D eigenvalue weighted by molar-refractivity contribution is 7.80. The largest absolute Gasteiger partial charge is 0.506 e. The van der Waals surface area contributed by atoms with Crippen molar-refractivity contribution in [3.8, 4) is 11.4 Å². The molecule has 1 saturated heterocycles. The summed E-state index contributed by atoms with van der Waals surface area (Å²) in [5, 5.41) is 15.1. The standard InChI is InChI=1S/C25H27ClN4O3S/c1-15-13-18(16(2)30(15)20-14-17(26)9-10-21(20)31)24-23(19-7-4-5-11-27-19)28-25(34)29(24)12-6-8-22(32)33-3/h4-5,7,9-11,13-14,23-24,31H,6,8,12H2,1-3H3,(H,28,34)/t23-,24-/m0/s1. The van der Waals surface area contributed by atoms with Crippen molar-refractivity contribution < 1.29 is 14.6 Å². The Morgan fingerprint density at radius 3 is 2.76 bits per heavy atom. The van der Waals surface area contributed by atoms with E-state index in [4.69, 9.17) is 28.6 Å². The monoisotopic (exact) mass is 498 g/mol. The number of hydrogen-bond acceptors (Lipinski definition) is 5. The molecule has 9 heteroatoms. The molecule has 2 aromatic heterocycles. The van der Waals surface area contributed by atoms with Gasteiger partial charge in [-0.1, -0.05) is 17.7 Å². The van der Waals surface area contributed by atoms with Crippen molar-refractivity contribution in [2.24, 2.45) is 0 Å². The van der Waals surface area contributed by atoms with Gasteiger partial charge in [-0.2, -0.15) is 0 Å². The quantitative estimate of drug-likeness (QED) is 0.358. The fraction of sp³-hybridized carbons (Fsp3) is 0.320. The molecule has 0 bridgehead atoms. The minimum atomic E-state index is -0.245. The maximum atomic E-state index is 11.7. The van der Waals surface area contributed by atoms with E-state index in [-0.39, 0.29) is 23.8 Å². The lowest BCUT2D eigenvalue weighted by molar-refractivity contribution is -0.140. The number of halogens is 1. The number of carbonyl (C=O) groups is 1. The van der Waals surface area contributed by atoms with Gasteiger partial charge in [-0.05, 0) is 74.4 Å². The van der Waals surface area contributed by atoms with Gasteiger partial charge in [0.15, 0.2) is 5.11 Å². The summed E-state index contributed by atoms with van der Waals surface area (Å²) < 4.78 is 6.80. The average Bonchev–Trinajstić information content (AvgIpc) is 3.31. The first-order chi connectivity index (χ1) is 16.3. The van der Waals surface area contributed by atoms with Gasteiger partial charge in [0.2, 0.25) is 0 Å². The van der Waals surface area contributed by atoms with Crippen LogP contribution in [0.15, 0.2) is 48.7 Å². The van der Waals surface area contributed by atoms with Crippen LogP contribution in [0, 0.1) is 13.8 Å². The van der Waals surface area contributed by atoms with E-state index >= 15 is 0 Å². The number of rotatable bonds is 7. The van der Waals surface area contributed by atoms with Crippen LogP contribution in [0.4, 0.5) is 0 Å². The number of aromatic hydroxyl groups is 1. The Labute approximate surface area is 209 Å². The zero-order valence-electron chi connectivity index (χ0n) is 19.3. The first-order valence-corrected chi connectivity index (χ1v) is 11.8. The molecule has 3 heterocycles. The maximum Gasteiger partial charge on any atom is 0.305 e. The van der Waals surface area contributed by atoms with Gasteiger partial charge >= 0.3 is 5.97 Å². The highest BCUT2D eigenvalue weighted by atomic mass is 35.5. The molecule has 0 amide bonds. The van der Waals surface area contributed by atoms with E-state index in [9.17, 15) is 9.90 Å². The third-order valence-electron chi connectivity index (χ3n) is 6.17. The van der Waals surface area contributed by atoms with E-state index in [1.807, 2.05) is 36.6 Å². The molecule has 0 radical (unpaired) electrons. The maximum absolute atomic E-state index is 11.7. The molecule has 1 aliphatic heterocycles. The van der Waals surface area contributed by atoms with Crippen LogP contribution in [0.3, 0.4) is 0 Å². The number of esters is 1. The number of hydrogen-bond donors (Lipinski definition) is 2. The molecule has 0 saturated carbocycles. The molecule has 7 nitrogen and oxygen atoms in total. The van der Waals surface area contributed by atoms with Gasteiger partial charge < -0.3 is 24.6 Å². The van der Waals surface area contributed by atoms with Gasteiger partial charge in [0.05, 0.1) is 30.6 Å². The van der Waals surface area contributed by atoms with Gasteiger partial charge in [-0.15, -0.1) is 0 Å². The number of thiocarbonyl (C=S) groups is 1. The molecule has 2 atom stereocenters. The van der Waals surface area contributed by atoms with E-state index in [2.05, 4.69) is 21.3 Å². The van der Waals surface area contributed by atoms with Crippen LogP contribution in [0.5, 0.6) is 5.75 Å². The first-order valence-electron chi connectivity index (χ1n) is 11.0. The summed E-state index contributed by atoms with van der Waals surface area (Å²) in [4.78, 5) is 18.4. The molecule has 3 aromatic rings. The summed E-state index contributed by atoms with van der Waals surface area (Å²) in [6, 6.07) is 12.6. The minimum absolute atomic E-state index is 0.147. The van der Waals surface area contributed by atoms with E-state index in [0.29, 0.717) is 35.2 Å². The molecule has 34 heavy (non-hydrogen) atoms. The molecular weight excluding hydrogens is 472 g/mol. The number of nitrogens with zero attached hydrogens (tertiary/aromatic N) is 3. The number of carbonyl (C=O) groups excluding carboxylic acids is 1. The van der Waals surface area contributed by atoms with Crippen molar-refractivity contribution in [2.75, 3.05) is 13.7 Å². The lowest BCUT2D eigenvalue weighted by Crippen LogP contribution is -2.31. The van der Waals surface area contributed by atoms with E-state index < -0.39 is 0 Å². The SMILES string of the molecule is COC(=O)CCCN1C(=S)N[C@@H](c2ccccn2)[C@@H]1c1cc(C)n(-c2cc(Cl)ccc2O)c1C. The average molecular weight is 499 g/mol. The number of phenolic OH excluding ortho intramolecular Hbond substituents is 1. The van der Waals surface area contributed by atoms with Crippen molar-refractivity contribution in [1.29, 1.82) is 0 Å². The highest BCUT2D eigenvalue weighted by Crippen LogP contribution is 2.42. The smallest absolute Gasteiger partial charge is 0.305 e. The van der Waals surface area contributed by atoms with Crippen molar-refractivity contribution in [2.45, 2.75) is 38.8 Å². The molecule has 4 rings (SSSR count). The first kappa shape index (κ1) is 24.0. The van der Waals surface area contributed by atoms with Crippen LogP contribution < -0.4 is 5.32 Å². The lowest BCUT2D eigenvalue weighted by atomic mass is 9.96. The fourth-order valence-corrected chi connectivity index (χ4v) is 5.11. The molecule has 1 aliphatic rings. The van der Waals surface area contributed by atoms with Crippen LogP contribution in [-0.4, -0.2) is 44.3 Å². The topological polar surface area (TPSA) is 79.6 Å². The second-order valence-electron chi connectivity index (χ2n) is 8.29. The Hall–Kier alpha value is -3.10. The molecule has 1 fully saturated rings. The van der Waals surface area contributed by atoms with E-state index in [1.165, 1.54) is 7.11 Å². The molecule has 0 spiro atoms. The molecular formula is C25H27ClN4O3S. The Balaban J connectivity index is 1.78. The zero-order chi connectivity index (χ0) is 24.4. The lowest BCUT2D eigenvalue weighted by Gasteiger charge is -2.28. The summed E-state index contributed by atoms with van der Waals surface area (Å²) >= 11 is 12.0. The van der Waals surface area contributed by atoms with Crippen LogP contribution >= 0.6 is 23.8 Å². The summed E-state index contributed by atoms with van der Waals surface area (Å²) in [6.07, 6.45) is 2.68. The van der Waals surface area contributed by atoms with Gasteiger partial charge in [-0.25, -0.2) is 0 Å². The van der Waals surface area contributed by atoms with Crippen LogP contribution in [0.1, 0.15) is 47.6 Å². The zero-order valence-corrected chi connectivity index (χ0v) is 20.9. The molecule has 0 aliphatic carbocycles. The van der Waals surface area contributed by atoms with Crippen molar-refractivity contribution in [3.05, 3.63) is 76.3 Å². The third-order valence-corrected chi connectivity index (χ3v) is 6.76. The summed E-state index contributed by atoms with van der Waals surface area (Å²) in [5.41, 5.74) is 4.47. The third kappa shape index (κ3) is 4.60. The summed E-state index contributed by atoms with van der Waals surface area (Å²) in [7, 11) is 1.39.